The molecule has 0 saturated carbocycles. The minimum atomic E-state index is -4.03. The van der Waals surface area contributed by atoms with Crippen molar-refractivity contribution in [3.05, 3.63) is 455 Å². The molecule has 4 aliphatic carbocycles. The second-order valence-corrected chi connectivity index (χ2v) is 40.6. The van der Waals surface area contributed by atoms with E-state index >= 15 is 18.3 Å². The molecule has 30 rings (SSSR count). The van der Waals surface area contributed by atoms with Crippen molar-refractivity contribution in [1.82, 2.24) is 0 Å². The first kappa shape index (κ1) is 61.1. The fraction of sp³-hybridized carbons (Fsp3) is 0.130. The lowest BCUT2D eigenvalue weighted by atomic mass is 9.48. The molecule has 6 nitrogen and oxygen atoms in total. The van der Waals surface area contributed by atoms with Gasteiger partial charge >= 0.3 is 0 Å². The van der Waals surface area contributed by atoms with Crippen LogP contribution >= 0.6 is 29.5 Å². The molecule has 10 saturated heterocycles. The van der Waals surface area contributed by atoms with E-state index in [1.165, 1.54) is 0 Å². The third-order valence-corrected chi connectivity index (χ3v) is 44.2. The predicted molar refractivity (Wildman–Crippen MR) is 409 cm³/mol. The first-order chi connectivity index (χ1) is 50.1. The minimum Gasteiger partial charge on any atom is -0.290 e. The smallest absolute Gasteiger partial charge is 0.236 e. The van der Waals surface area contributed by atoms with Crippen LogP contribution in [-0.4, -0.2) is 0 Å². The predicted octanol–water partition coefficient (Wildman–Crippen LogP) is 23.2. The van der Waals surface area contributed by atoms with Gasteiger partial charge in [-0.1, -0.05) is 388 Å². The third-order valence-electron chi connectivity index (χ3n) is 25.9. The largest absolute Gasteiger partial charge is 0.290 e. The second kappa shape index (κ2) is 21.1. The van der Waals surface area contributed by atoms with Gasteiger partial charge in [-0.05, 0) is 89.1 Å². The highest BCUT2D eigenvalue weighted by Crippen LogP contribution is 3.19. The van der Waals surface area contributed by atoms with Gasteiger partial charge in [-0.15, -0.1) is 0 Å². The number of hydrogen-bond acceptors (Lipinski definition) is 6. The normalized spacial score (nSPS) is 36.2. The SMILES string of the molecule is O=[P@@]12O[P@]3(=O)[C@@]4(c5ccccc5)C=C(c5ccccc5)[C@@H]5[C@@H](C(c6ccccc6)=C[C@@]1(c1ccccc1)[C@@]53c1ccccc1)[C@]42c1ccccc1.O=[P@]12O[P@@]3(=O)[C@]4(c5ccccc5)C=C(c5ccccc5)[C@H]5[C@H](C(c6ccccc6)=C[C@]1(c1ccccc1)[C@]53c1ccccc1)[C@@]42c1ccccc1. The van der Waals surface area contributed by atoms with Gasteiger partial charge in [0.05, 0.1) is 0 Å². The quantitative estimate of drug-likeness (QED) is 0.113. The maximum absolute atomic E-state index is 17.6. The number of hydrogen-bond donors (Lipinski definition) is 0. The summed E-state index contributed by atoms with van der Waals surface area (Å²) in [6.07, 6.45) is 9.15. The van der Waals surface area contributed by atoms with E-state index in [4.69, 9.17) is 8.62 Å². The molecule has 0 amide bonds. The zero-order valence-electron chi connectivity index (χ0n) is 55.5. The molecule has 10 fully saturated rings. The van der Waals surface area contributed by atoms with Crippen LogP contribution in [-0.2, 0) is 68.1 Å². The summed E-state index contributed by atoms with van der Waals surface area (Å²) in [4.78, 5) is 0. The van der Waals surface area contributed by atoms with Gasteiger partial charge in [-0.2, -0.15) is 0 Å². The van der Waals surface area contributed by atoms with Gasteiger partial charge in [0.2, 0.25) is 29.5 Å². The summed E-state index contributed by atoms with van der Waals surface area (Å²) >= 11 is 0. The number of benzene rings is 12. The molecule has 18 aliphatic rings. The van der Waals surface area contributed by atoms with E-state index in [2.05, 4.69) is 243 Å². The van der Waals surface area contributed by atoms with E-state index in [0.29, 0.717) is 0 Å². The molecule has 102 heavy (non-hydrogen) atoms. The van der Waals surface area contributed by atoms with Crippen LogP contribution in [0.5, 0.6) is 0 Å². The molecule has 12 aromatic carbocycles. The maximum Gasteiger partial charge on any atom is 0.236 e. The Morgan fingerprint density at radius 2 is 0.324 bits per heavy atom. The van der Waals surface area contributed by atoms with Gasteiger partial charge in [0.15, 0.2) is 0 Å². The van der Waals surface area contributed by atoms with Gasteiger partial charge in [-0.25, -0.2) is 0 Å². The van der Waals surface area contributed by atoms with Crippen LogP contribution in [0.4, 0.5) is 0 Å². The number of rotatable bonds is 12. The molecule has 10 heteroatoms. The van der Waals surface area contributed by atoms with Crippen LogP contribution < -0.4 is 0 Å². The Morgan fingerprint density at radius 1 is 0.186 bits per heavy atom. The van der Waals surface area contributed by atoms with E-state index in [0.717, 1.165) is 89.1 Å². The van der Waals surface area contributed by atoms with Crippen molar-refractivity contribution in [2.24, 2.45) is 23.7 Å². The Bertz CT molecular complexity index is 5040. The molecule has 14 aliphatic heterocycles. The molecule has 0 spiro atoms. The molecule has 0 unspecified atom stereocenters. The lowest BCUT2D eigenvalue weighted by Crippen LogP contribution is -2.75. The Balaban J connectivity index is 0.000000133. The monoisotopic (exact) mass is 1390 g/mol. The van der Waals surface area contributed by atoms with Crippen molar-refractivity contribution < 1.29 is 26.9 Å². The van der Waals surface area contributed by atoms with Crippen molar-refractivity contribution in [1.29, 1.82) is 0 Å². The summed E-state index contributed by atoms with van der Waals surface area (Å²) in [5.74, 6) is -1.32. The standard InChI is InChI=1S/2C46H34O3P2/c2*47-50-43(35-23-11-3-12-24-35)31-39(33-19-7-1-8-20-33)41-42-40(34-21-9-2-10-22-34)32-44(36-25-13-4-14-26-36,45(41,50)37-27-15-5-16-28-37)51(48,49-50)46(42,43)38-29-17-6-18-30-38/h2*1-32,41-42H/t2*41-,42-,43-,44-,45-,46-,50-,51-/m10/s1. The van der Waals surface area contributed by atoms with Crippen LogP contribution in [0.15, 0.2) is 388 Å². The highest BCUT2D eigenvalue weighted by molar-refractivity contribution is 7.83. The molecule has 16 bridgehead atoms. The molecule has 0 N–H and O–H groups in total. The summed E-state index contributed by atoms with van der Waals surface area (Å²) in [5.41, 5.74) is 16.2. The van der Waals surface area contributed by atoms with Crippen molar-refractivity contribution >= 4 is 51.8 Å². The van der Waals surface area contributed by atoms with Crippen molar-refractivity contribution in [3.63, 3.8) is 0 Å². The first-order valence-corrected chi connectivity index (χ1v) is 42.0. The Morgan fingerprint density at radius 3 is 0.480 bits per heavy atom. The zero-order valence-corrected chi connectivity index (χ0v) is 59.1. The summed E-state index contributed by atoms with van der Waals surface area (Å²) in [6, 6.07) is 125. The second-order valence-electron chi connectivity index (χ2n) is 29.2. The highest BCUT2D eigenvalue weighted by atomic mass is 31.3. The fourth-order valence-electron chi connectivity index (χ4n) is 23.3. The summed E-state index contributed by atoms with van der Waals surface area (Å²) < 4.78 is 85.1. The average molecular weight is 1390 g/mol. The molecular weight excluding hydrogens is 1320 g/mol. The van der Waals surface area contributed by atoms with Gasteiger partial charge < -0.3 is 0 Å². The van der Waals surface area contributed by atoms with E-state index < -0.39 is 70.7 Å². The molecular formula is C92H68O6P4. The van der Waals surface area contributed by atoms with Crippen LogP contribution in [0, 0.1) is 23.7 Å². The van der Waals surface area contributed by atoms with E-state index in [-0.39, 0.29) is 23.7 Å². The highest BCUT2D eigenvalue weighted by Gasteiger charge is 3.06. The summed E-state index contributed by atoms with van der Waals surface area (Å²) in [7, 11) is -16.1. The molecule has 492 valence electrons. The van der Waals surface area contributed by atoms with E-state index in [9.17, 15) is 0 Å². The Hall–Kier alpha value is -9.56. The minimum absolute atomic E-state index is 0.330. The molecule has 16 atom stereocenters. The summed E-state index contributed by atoms with van der Waals surface area (Å²) in [6.45, 7) is 0. The molecule has 0 aromatic heterocycles. The Labute approximate surface area is 594 Å². The summed E-state index contributed by atoms with van der Waals surface area (Å²) in [5, 5.41) is -9.67. The fourth-order valence-corrected chi connectivity index (χ4v) is 48.6. The van der Waals surface area contributed by atoms with Gasteiger partial charge in [-0.3, -0.25) is 26.9 Å². The van der Waals surface area contributed by atoms with Crippen LogP contribution in [0.3, 0.4) is 0 Å². The van der Waals surface area contributed by atoms with Crippen LogP contribution in [0.1, 0.15) is 66.8 Å². The lowest BCUT2D eigenvalue weighted by Gasteiger charge is -2.76. The Kier molecular flexibility index (Phi) is 12.6. The van der Waals surface area contributed by atoms with Crippen LogP contribution in [0.2, 0.25) is 0 Å². The average Bonchev–Trinajstić information content (AvgIpc) is 1.36. The van der Waals surface area contributed by atoms with Crippen LogP contribution in [0.25, 0.3) is 22.3 Å². The molecule has 0 radical (unpaired) electrons. The zero-order chi connectivity index (χ0) is 68.2. The first-order valence-electron chi connectivity index (χ1n) is 35.5. The van der Waals surface area contributed by atoms with Crippen molar-refractivity contribution in [2.45, 2.75) is 41.2 Å². The lowest BCUT2D eigenvalue weighted by molar-refractivity contribution is 0.145. The van der Waals surface area contributed by atoms with Gasteiger partial charge in [0.25, 0.3) is 0 Å². The molecule has 14 heterocycles. The van der Waals surface area contributed by atoms with Crippen molar-refractivity contribution in [2.75, 3.05) is 0 Å². The van der Waals surface area contributed by atoms with E-state index in [1.54, 1.807) is 0 Å². The molecule has 12 aromatic rings. The van der Waals surface area contributed by atoms with Gasteiger partial charge in [0, 0.05) is 23.7 Å². The van der Waals surface area contributed by atoms with E-state index in [1.807, 2.05) is 146 Å². The number of allylic oxidation sites excluding steroid dienone is 8. The van der Waals surface area contributed by atoms with Crippen molar-refractivity contribution in [3.8, 4) is 0 Å². The maximum atomic E-state index is 17.6. The topological polar surface area (TPSA) is 86.7 Å². The third kappa shape index (κ3) is 6.32. The van der Waals surface area contributed by atoms with Gasteiger partial charge in [0.1, 0.15) is 41.2 Å².